The highest BCUT2D eigenvalue weighted by Crippen LogP contribution is 2.23. The van der Waals surface area contributed by atoms with Gasteiger partial charge in [-0.2, -0.15) is 0 Å². The van der Waals surface area contributed by atoms with Gasteiger partial charge in [-0.25, -0.2) is 0 Å². The second kappa shape index (κ2) is 5.84. The van der Waals surface area contributed by atoms with Crippen molar-refractivity contribution in [3.63, 3.8) is 0 Å². The van der Waals surface area contributed by atoms with E-state index in [9.17, 15) is 9.59 Å². The van der Waals surface area contributed by atoms with Gasteiger partial charge in [0.15, 0.2) is 0 Å². The van der Waals surface area contributed by atoms with Crippen LogP contribution in [0.3, 0.4) is 0 Å². The van der Waals surface area contributed by atoms with Crippen LogP contribution in [0, 0.1) is 11.8 Å². The predicted molar refractivity (Wildman–Crippen MR) is 61.6 cm³/mol. The van der Waals surface area contributed by atoms with E-state index >= 15 is 0 Å². The van der Waals surface area contributed by atoms with Gasteiger partial charge < -0.3 is 16.0 Å². The van der Waals surface area contributed by atoms with Crippen molar-refractivity contribution < 1.29 is 9.59 Å². The summed E-state index contributed by atoms with van der Waals surface area (Å²) in [6, 6.07) is 0. The van der Waals surface area contributed by atoms with E-state index in [1.807, 2.05) is 4.90 Å². The summed E-state index contributed by atoms with van der Waals surface area (Å²) in [6.45, 7) is 5.97. The molecule has 0 saturated carbocycles. The third-order valence-corrected chi connectivity index (χ3v) is 3.14. The zero-order chi connectivity index (χ0) is 12.1. The van der Waals surface area contributed by atoms with Crippen LogP contribution in [0.4, 0.5) is 0 Å². The van der Waals surface area contributed by atoms with Gasteiger partial charge in [0.05, 0.1) is 13.1 Å². The third-order valence-electron chi connectivity index (χ3n) is 3.14. The summed E-state index contributed by atoms with van der Waals surface area (Å²) in [5.41, 5.74) is 5.14. The van der Waals surface area contributed by atoms with Crippen molar-refractivity contribution in [1.82, 2.24) is 10.2 Å². The molecule has 0 spiro atoms. The van der Waals surface area contributed by atoms with Crippen molar-refractivity contribution in [2.75, 3.05) is 26.2 Å². The molecule has 0 aliphatic carbocycles. The fraction of sp³-hybridized carbons (Fsp3) is 0.818. The first kappa shape index (κ1) is 13.0. The highest BCUT2D eigenvalue weighted by atomic mass is 16.2. The Hall–Kier alpha value is -1.10. The fourth-order valence-corrected chi connectivity index (χ4v) is 1.92. The standard InChI is InChI=1S/C11H21N3O2/c1-8(2)9-3-4-14(7-9)11(16)6-13-10(15)5-12/h8-9H,3-7,12H2,1-2H3,(H,13,15). The molecule has 1 unspecified atom stereocenters. The van der Waals surface area contributed by atoms with Gasteiger partial charge in [0.2, 0.25) is 11.8 Å². The summed E-state index contributed by atoms with van der Waals surface area (Å²) < 4.78 is 0. The molecule has 1 saturated heterocycles. The lowest BCUT2D eigenvalue weighted by Crippen LogP contribution is -2.41. The van der Waals surface area contributed by atoms with E-state index in [0.29, 0.717) is 11.8 Å². The lowest BCUT2D eigenvalue weighted by atomic mass is 9.95. The van der Waals surface area contributed by atoms with Crippen molar-refractivity contribution in [3.05, 3.63) is 0 Å². The van der Waals surface area contributed by atoms with E-state index in [4.69, 9.17) is 5.73 Å². The molecule has 92 valence electrons. The summed E-state index contributed by atoms with van der Waals surface area (Å²) in [5.74, 6) is 0.906. The quantitative estimate of drug-likeness (QED) is 0.684. The maximum Gasteiger partial charge on any atom is 0.241 e. The zero-order valence-electron chi connectivity index (χ0n) is 10.0. The minimum atomic E-state index is -0.284. The Balaban J connectivity index is 2.31. The summed E-state index contributed by atoms with van der Waals surface area (Å²) in [7, 11) is 0. The van der Waals surface area contributed by atoms with Crippen molar-refractivity contribution in [3.8, 4) is 0 Å². The van der Waals surface area contributed by atoms with Crippen molar-refractivity contribution in [1.29, 1.82) is 0 Å². The van der Waals surface area contributed by atoms with Crippen LogP contribution < -0.4 is 11.1 Å². The molecule has 1 fully saturated rings. The number of nitrogens with two attached hydrogens (primary N) is 1. The van der Waals surface area contributed by atoms with Gasteiger partial charge in [0.25, 0.3) is 0 Å². The van der Waals surface area contributed by atoms with Crippen LogP contribution in [0.5, 0.6) is 0 Å². The predicted octanol–water partition coefficient (Wildman–Crippen LogP) is -0.434. The lowest BCUT2D eigenvalue weighted by molar-refractivity contribution is -0.131. The van der Waals surface area contributed by atoms with Gasteiger partial charge in [-0.3, -0.25) is 9.59 Å². The molecule has 0 radical (unpaired) electrons. The van der Waals surface area contributed by atoms with Gasteiger partial charge in [0, 0.05) is 13.1 Å². The molecule has 5 heteroatoms. The summed E-state index contributed by atoms with van der Waals surface area (Å²) in [5, 5.41) is 2.50. The number of nitrogens with zero attached hydrogens (tertiary/aromatic N) is 1. The van der Waals surface area contributed by atoms with E-state index in [0.717, 1.165) is 19.5 Å². The largest absolute Gasteiger partial charge is 0.346 e. The highest BCUT2D eigenvalue weighted by Gasteiger charge is 2.27. The SMILES string of the molecule is CC(C)C1CCN(C(=O)CNC(=O)CN)C1. The minimum absolute atomic E-state index is 0.00931. The van der Waals surface area contributed by atoms with Crippen LogP contribution in [0.2, 0.25) is 0 Å². The Morgan fingerprint density at radius 2 is 2.19 bits per heavy atom. The molecule has 1 heterocycles. The molecule has 0 bridgehead atoms. The highest BCUT2D eigenvalue weighted by molar-refractivity contribution is 5.85. The second-order valence-corrected chi connectivity index (χ2v) is 4.61. The monoisotopic (exact) mass is 227 g/mol. The van der Waals surface area contributed by atoms with Gasteiger partial charge in [-0.05, 0) is 18.3 Å². The lowest BCUT2D eigenvalue weighted by Gasteiger charge is -2.18. The smallest absolute Gasteiger partial charge is 0.241 e. The fourth-order valence-electron chi connectivity index (χ4n) is 1.92. The number of nitrogens with one attached hydrogen (secondary N) is 1. The van der Waals surface area contributed by atoms with E-state index in [1.165, 1.54) is 0 Å². The number of hydrogen-bond donors (Lipinski definition) is 2. The van der Waals surface area contributed by atoms with Crippen molar-refractivity contribution in [2.24, 2.45) is 17.6 Å². The molecular weight excluding hydrogens is 206 g/mol. The molecule has 5 nitrogen and oxygen atoms in total. The van der Waals surface area contributed by atoms with Gasteiger partial charge >= 0.3 is 0 Å². The van der Waals surface area contributed by atoms with Crippen LogP contribution in [-0.2, 0) is 9.59 Å². The Morgan fingerprint density at radius 3 is 2.69 bits per heavy atom. The van der Waals surface area contributed by atoms with Gasteiger partial charge in [-0.15, -0.1) is 0 Å². The Morgan fingerprint density at radius 1 is 1.50 bits per heavy atom. The number of carbonyl (C=O) groups excluding carboxylic acids is 2. The molecule has 0 aromatic heterocycles. The van der Waals surface area contributed by atoms with Crippen molar-refractivity contribution >= 4 is 11.8 Å². The van der Waals surface area contributed by atoms with Crippen LogP contribution in [-0.4, -0.2) is 42.9 Å². The molecule has 1 aliphatic heterocycles. The topological polar surface area (TPSA) is 75.4 Å². The molecule has 0 aromatic carbocycles. The third kappa shape index (κ3) is 3.48. The summed E-state index contributed by atoms with van der Waals surface area (Å²) >= 11 is 0. The first-order chi connectivity index (χ1) is 7.54. The Labute approximate surface area is 96.4 Å². The maximum absolute atomic E-state index is 11.7. The second-order valence-electron chi connectivity index (χ2n) is 4.61. The molecule has 3 N–H and O–H groups in total. The number of amides is 2. The van der Waals surface area contributed by atoms with Crippen LogP contribution in [0.25, 0.3) is 0 Å². The number of carbonyl (C=O) groups is 2. The number of hydrogen-bond acceptors (Lipinski definition) is 3. The molecule has 0 aromatic rings. The molecule has 1 atom stereocenters. The van der Waals surface area contributed by atoms with E-state index in [2.05, 4.69) is 19.2 Å². The molecular formula is C11H21N3O2. The van der Waals surface area contributed by atoms with Crippen molar-refractivity contribution in [2.45, 2.75) is 20.3 Å². The van der Waals surface area contributed by atoms with Crippen LogP contribution in [0.15, 0.2) is 0 Å². The van der Waals surface area contributed by atoms with E-state index in [1.54, 1.807) is 0 Å². The Bertz CT molecular complexity index is 266. The van der Waals surface area contributed by atoms with Gasteiger partial charge in [0.1, 0.15) is 0 Å². The first-order valence-electron chi connectivity index (χ1n) is 5.79. The average molecular weight is 227 g/mol. The van der Waals surface area contributed by atoms with E-state index in [-0.39, 0.29) is 24.9 Å². The molecule has 16 heavy (non-hydrogen) atoms. The first-order valence-corrected chi connectivity index (χ1v) is 5.79. The van der Waals surface area contributed by atoms with Crippen LogP contribution in [0.1, 0.15) is 20.3 Å². The maximum atomic E-state index is 11.7. The molecule has 1 aliphatic rings. The Kier molecular flexibility index (Phi) is 4.73. The molecule has 2 amide bonds. The average Bonchev–Trinajstić information content (AvgIpc) is 2.74. The van der Waals surface area contributed by atoms with Crippen LogP contribution >= 0.6 is 0 Å². The normalized spacial score (nSPS) is 20.2. The zero-order valence-corrected chi connectivity index (χ0v) is 10.0. The number of rotatable bonds is 4. The van der Waals surface area contributed by atoms with E-state index < -0.39 is 0 Å². The van der Waals surface area contributed by atoms with Gasteiger partial charge in [-0.1, -0.05) is 13.8 Å². The summed E-state index contributed by atoms with van der Waals surface area (Å²) in [4.78, 5) is 24.4. The number of likely N-dealkylation sites (tertiary alicyclic amines) is 1. The summed E-state index contributed by atoms with van der Waals surface area (Å²) in [6.07, 6.45) is 1.06. The minimum Gasteiger partial charge on any atom is -0.346 e. The molecule has 1 rings (SSSR count).